The molecule has 1 heterocycles. The van der Waals surface area contributed by atoms with Gasteiger partial charge in [-0.2, -0.15) is 18.2 Å². The topological polar surface area (TPSA) is 56.7 Å². The first kappa shape index (κ1) is 20.2. The Balaban J connectivity index is 2.08. The molecule has 0 radical (unpaired) electrons. The summed E-state index contributed by atoms with van der Waals surface area (Å²) in [5.41, 5.74) is -0.200. The summed E-state index contributed by atoms with van der Waals surface area (Å²) in [4.78, 5) is 16.7. The molecule has 1 aromatic heterocycles. The van der Waals surface area contributed by atoms with Crippen molar-refractivity contribution >= 4 is 5.91 Å². The van der Waals surface area contributed by atoms with Crippen LogP contribution >= 0.6 is 0 Å². The van der Waals surface area contributed by atoms with E-state index in [9.17, 15) is 18.0 Å². The number of hydrogen-bond acceptors (Lipinski definition) is 3. The number of ether oxygens (including phenoxy) is 1. The number of carbonyl (C=O) groups is 1. The van der Waals surface area contributed by atoms with Crippen molar-refractivity contribution < 1.29 is 27.1 Å². The van der Waals surface area contributed by atoms with Crippen LogP contribution in [0.2, 0.25) is 0 Å². The minimum absolute atomic E-state index is 0.0304. The van der Waals surface area contributed by atoms with E-state index in [1.165, 1.54) is 7.11 Å². The van der Waals surface area contributed by atoms with Gasteiger partial charge in [0, 0.05) is 12.5 Å². The zero-order chi connectivity index (χ0) is 20.6. The van der Waals surface area contributed by atoms with Crippen molar-refractivity contribution in [2.45, 2.75) is 52.3 Å². The SMILES string of the molecule is COc1ccc(C(F)(F)F)cc1C(=O)N=c1oc(C(C)C)c(C)n1CC1CC1. The van der Waals surface area contributed by atoms with Crippen molar-refractivity contribution in [2.75, 3.05) is 7.11 Å². The van der Waals surface area contributed by atoms with Crippen LogP contribution in [0.1, 0.15) is 60.0 Å². The Kier molecular flexibility index (Phi) is 5.41. The molecule has 28 heavy (non-hydrogen) atoms. The van der Waals surface area contributed by atoms with Gasteiger partial charge in [-0.3, -0.25) is 9.36 Å². The fraction of sp³-hybridized carbons (Fsp3) is 0.500. The van der Waals surface area contributed by atoms with Crippen LogP contribution in [-0.4, -0.2) is 17.6 Å². The van der Waals surface area contributed by atoms with Gasteiger partial charge < -0.3 is 9.15 Å². The standard InChI is InChI=1S/C20H23F3N2O3/c1-11(2)17-12(3)25(10-13-5-6-13)19(28-17)24-18(26)15-9-14(20(21,22)23)7-8-16(15)27-4/h7-9,11,13H,5-6,10H2,1-4H3. The smallest absolute Gasteiger partial charge is 0.416 e. The molecule has 5 nitrogen and oxygen atoms in total. The van der Waals surface area contributed by atoms with Crippen molar-refractivity contribution in [1.29, 1.82) is 0 Å². The Labute approximate surface area is 160 Å². The molecule has 0 unspecified atom stereocenters. The molecule has 0 atom stereocenters. The Morgan fingerprint density at radius 1 is 1.36 bits per heavy atom. The van der Waals surface area contributed by atoms with Crippen LogP contribution < -0.4 is 10.4 Å². The van der Waals surface area contributed by atoms with E-state index in [4.69, 9.17) is 9.15 Å². The molecule has 3 rings (SSSR count). The number of methoxy groups -OCH3 is 1. The Morgan fingerprint density at radius 3 is 2.57 bits per heavy atom. The van der Waals surface area contributed by atoms with E-state index in [1.807, 2.05) is 25.3 Å². The van der Waals surface area contributed by atoms with E-state index >= 15 is 0 Å². The lowest BCUT2D eigenvalue weighted by molar-refractivity contribution is -0.137. The Hall–Kier alpha value is -2.51. The van der Waals surface area contributed by atoms with E-state index in [0.717, 1.165) is 36.7 Å². The average Bonchev–Trinajstić information content (AvgIpc) is 3.39. The first-order valence-corrected chi connectivity index (χ1v) is 9.16. The number of carbonyl (C=O) groups excluding carboxylic acids is 1. The van der Waals surface area contributed by atoms with Crippen molar-refractivity contribution in [2.24, 2.45) is 10.9 Å². The molecular weight excluding hydrogens is 373 g/mol. The molecule has 1 amide bonds. The number of hydrogen-bond donors (Lipinski definition) is 0. The van der Waals surface area contributed by atoms with Crippen molar-refractivity contribution in [1.82, 2.24) is 4.57 Å². The van der Waals surface area contributed by atoms with Gasteiger partial charge in [-0.05, 0) is 43.9 Å². The molecule has 8 heteroatoms. The molecule has 0 aliphatic heterocycles. The number of rotatable bonds is 5. The molecule has 152 valence electrons. The second-order valence-corrected chi connectivity index (χ2v) is 7.37. The number of halogens is 3. The third-order valence-electron chi connectivity index (χ3n) is 4.81. The van der Waals surface area contributed by atoms with Gasteiger partial charge in [0.05, 0.1) is 23.9 Å². The normalized spacial score (nSPS) is 15.4. The molecule has 1 aromatic carbocycles. The number of benzene rings is 1. The third kappa shape index (κ3) is 4.15. The molecule has 0 N–H and O–H groups in total. The van der Waals surface area contributed by atoms with Gasteiger partial charge >= 0.3 is 11.9 Å². The maximum atomic E-state index is 13.0. The van der Waals surface area contributed by atoms with Gasteiger partial charge in [0.2, 0.25) is 0 Å². The van der Waals surface area contributed by atoms with Crippen LogP contribution in [0.4, 0.5) is 13.2 Å². The zero-order valence-corrected chi connectivity index (χ0v) is 16.3. The van der Waals surface area contributed by atoms with Gasteiger partial charge in [-0.1, -0.05) is 13.8 Å². The van der Waals surface area contributed by atoms with Gasteiger partial charge in [0.1, 0.15) is 11.5 Å². The lowest BCUT2D eigenvalue weighted by Gasteiger charge is -2.10. The van der Waals surface area contributed by atoms with E-state index in [1.54, 1.807) is 0 Å². The fourth-order valence-corrected chi connectivity index (χ4v) is 3.09. The maximum absolute atomic E-state index is 13.0. The van der Waals surface area contributed by atoms with E-state index in [2.05, 4.69) is 4.99 Å². The highest BCUT2D eigenvalue weighted by atomic mass is 19.4. The molecule has 1 saturated carbocycles. The second kappa shape index (κ2) is 7.48. The van der Waals surface area contributed by atoms with Crippen molar-refractivity contribution in [3.8, 4) is 5.75 Å². The lowest BCUT2D eigenvalue weighted by Crippen LogP contribution is -2.21. The Bertz CT molecular complexity index is 951. The van der Waals surface area contributed by atoms with Gasteiger partial charge in [0.25, 0.3) is 5.91 Å². The lowest BCUT2D eigenvalue weighted by atomic mass is 10.1. The van der Waals surface area contributed by atoms with Gasteiger partial charge in [-0.25, -0.2) is 0 Å². The monoisotopic (exact) mass is 396 g/mol. The number of alkyl halides is 3. The molecule has 1 aliphatic rings. The number of nitrogens with zero attached hydrogens (tertiary/aromatic N) is 2. The maximum Gasteiger partial charge on any atom is 0.416 e. The Morgan fingerprint density at radius 2 is 2.04 bits per heavy atom. The van der Waals surface area contributed by atoms with E-state index in [-0.39, 0.29) is 22.9 Å². The molecule has 1 aliphatic carbocycles. The van der Waals surface area contributed by atoms with Crippen LogP contribution in [-0.2, 0) is 12.7 Å². The summed E-state index contributed by atoms with van der Waals surface area (Å²) in [6, 6.07) is 2.75. The molecule has 0 spiro atoms. The largest absolute Gasteiger partial charge is 0.496 e. The van der Waals surface area contributed by atoms with E-state index < -0.39 is 17.6 Å². The van der Waals surface area contributed by atoms with Crippen molar-refractivity contribution in [3.05, 3.63) is 46.5 Å². The molecule has 0 bridgehead atoms. The summed E-state index contributed by atoms with van der Waals surface area (Å²) >= 11 is 0. The summed E-state index contributed by atoms with van der Waals surface area (Å²) in [6.07, 6.45) is -2.37. The first-order chi connectivity index (χ1) is 13.1. The summed E-state index contributed by atoms with van der Waals surface area (Å²) < 4.78 is 51.9. The number of amides is 1. The van der Waals surface area contributed by atoms with E-state index in [0.29, 0.717) is 18.2 Å². The van der Waals surface area contributed by atoms with Crippen LogP contribution in [0.15, 0.2) is 27.6 Å². The molecule has 1 fully saturated rings. The minimum Gasteiger partial charge on any atom is -0.496 e. The highest BCUT2D eigenvalue weighted by Crippen LogP contribution is 2.33. The molecule has 2 aromatic rings. The predicted octanol–water partition coefficient (Wildman–Crippen LogP) is 4.69. The summed E-state index contributed by atoms with van der Waals surface area (Å²) in [5, 5.41) is 0. The first-order valence-electron chi connectivity index (χ1n) is 9.16. The van der Waals surface area contributed by atoms with Crippen molar-refractivity contribution in [3.63, 3.8) is 0 Å². The second-order valence-electron chi connectivity index (χ2n) is 7.37. The quantitative estimate of drug-likeness (QED) is 0.737. The van der Waals surface area contributed by atoms with Gasteiger partial charge in [0.15, 0.2) is 0 Å². The average molecular weight is 396 g/mol. The third-order valence-corrected chi connectivity index (χ3v) is 4.81. The van der Waals surface area contributed by atoms with Crippen LogP contribution in [0.3, 0.4) is 0 Å². The fourth-order valence-electron chi connectivity index (χ4n) is 3.09. The van der Waals surface area contributed by atoms with Crippen LogP contribution in [0, 0.1) is 12.8 Å². The summed E-state index contributed by atoms with van der Waals surface area (Å²) in [5.74, 6) is 0.503. The minimum atomic E-state index is -4.57. The molecule has 0 saturated heterocycles. The van der Waals surface area contributed by atoms with Crippen LogP contribution in [0.25, 0.3) is 0 Å². The van der Waals surface area contributed by atoms with Gasteiger partial charge in [-0.15, -0.1) is 0 Å². The highest BCUT2D eigenvalue weighted by Gasteiger charge is 2.32. The highest BCUT2D eigenvalue weighted by molar-refractivity contribution is 5.97. The number of aromatic nitrogens is 1. The van der Waals surface area contributed by atoms with Crippen LogP contribution in [0.5, 0.6) is 5.75 Å². The molecular formula is C20H23F3N2O3. The number of oxazole rings is 1. The predicted molar refractivity (Wildman–Crippen MR) is 96.1 cm³/mol. The zero-order valence-electron chi connectivity index (χ0n) is 16.3. The summed E-state index contributed by atoms with van der Waals surface area (Å²) in [7, 11) is 1.29. The summed E-state index contributed by atoms with van der Waals surface area (Å²) in [6.45, 7) is 6.51.